The predicted molar refractivity (Wildman–Crippen MR) is 64.4 cm³/mol. The number of aromatic nitrogens is 1. The molecule has 0 saturated carbocycles. The number of nitrogens with zero attached hydrogens (tertiary/aromatic N) is 1. The summed E-state index contributed by atoms with van der Waals surface area (Å²) in [5, 5.41) is 2.64. The zero-order valence-electron chi connectivity index (χ0n) is 10.7. The average molecular weight is 275 g/mol. The molecule has 1 aromatic heterocycles. The Hall–Kier alpha value is -1.63. The molecular formula is C12H16F3N3O. The highest BCUT2D eigenvalue weighted by Gasteiger charge is 2.31. The third-order valence-electron chi connectivity index (χ3n) is 2.91. The van der Waals surface area contributed by atoms with E-state index in [-0.39, 0.29) is 17.7 Å². The fourth-order valence-electron chi connectivity index (χ4n) is 1.32. The van der Waals surface area contributed by atoms with E-state index in [2.05, 4.69) is 10.3 Å². The molecule has 7 heteroatoms. The molecule has 1 rings (SSSR count). The van der Waals surface area contributed by atoms with Crippen molar-refractivity contribution in [1.29, 1.82) is 0 Å². The van der Waals surface area contributed by atoms with Gasteiger partial charge in [0.25, 0.3) is 5.91 Å². The van der Waals surface area contributed by atoms with Crippen LogP contribution in [0.3, 0.4) is 0 Å². The zero-order chi connectivity index (χ0) is 14.6. The third kappa shape index (κ3) is 4.20. The van der Waals surface area contributed by atoms with Crippen LogP contribution in [0.1, 0.15) is 29.9 Å². The third-order valence-corrected chi connectivity index (χ3v) is 2.91. The molecule has 3 N–H and O–H groups in total. The van der Waals surface area contributed by atoms with Crippen molar-refractivity contribution >= 4 is 5.91 Å². The van der Waals surface area contributed by atoms with Crippen LogP contribution in [-0.4, -0.2) is 23.5 Å². The summed E-state index contributed by atoms with van der Waals surface area (Å²) in [6, 6.07) is 1.71. The minimum Gasteiger partial charge on any atom is -0.348 e. The molecule has 0 bridgehead atoms. The summed E-state index contributed by atoms with van der Waals surface area (Å²) in [7, 11) is 0. The Kier molecular flexibility index (Phi) is 4.88. The van der Waals surface area contributed by atoms with Crippen LogP contribution in [0.5, 0.6) is 0 Å². The first-order valence-corrected chi connectivity index (χ1v) is 5.80. The van der Waals surface area contributed by atoms with Crippen molar-refractivity contribution in [2.75, 3.05) is 6.54 Å². The molecule has 0 aromatic carbocycles. The van der Waals surface area contributed by atoms with Gasteiger partial charge in [0.2, 0.25) is 0 Å². The Labute approximate surface area is 109 Å². The van der Waals surface area contributed by atoms with Gasteiger partial charge in [0, 0.05) is 12.2 Å². The average Bonchev–Trinajstić information content (AvgIpc) is 2.36. The number of hydrogen-bond acceptors (Lipinski definition) is 3. The fraction of sp³-hybridized carbons (Fsp3) is 0.500. The quantitative estimate of drug-likeness (QED) is 0.880. The predicted octanol–water partition coefficient (Wildman–Crippen LogP) is 1.81. The molecule has 0 spiro atoms. The second kappa shape index (κ2) is 6.01. The molecule has 0 aliphatic heterocycles. The van der Waals surface area contributed by atoms with Crippen LogP contribution in [-0.2, 0) is 6.18 Å². The number of carbonyl (C=O) groups is 1. The van der Waals surface area contributed by atoms with Crippen molar-refractivity contribution < 1.29 is 18.0 Å². The molecule has 1 heterocycles. The summed E-state index contributed by atoms with van der Waals surface area (Å²) < 4.78 is 37.0. The van der Waals surface area contributed by atoms with Crippen molar-refractivity contribution in [3.05, 3.63) is 29.6 Å². The molecule has 2 atom stereocenters. The van der Waals surface area contributed by atoms with Gasteiger partial charge in [-0.05, 0) is 31.5 Å². The standard InChI is InChI=1S/C12H16F3N3O/c1-7(5-16)8(2)18-11(19)10-4-3-9(6-17-10)12(13,14)15/h3-4,6-8H,5,16H2,1-2H3,(H,18,19). The molecule has 0 fully saturated rings. The molecule has 2 unspecified atom stereocenters. The van der Waals surface area contributed by atoms with E-state index in [0.717, 1.165) is 12.1 Å². The maximum atomic E-state index is 12.3. The summed E-state index contributed by atoms with van der Waals surface area (Å²) >= 11 is 0. The van der Waals surface area contributed by atoms with Crippen molar-refractivity contribution in [3.63, 3.8) is 0 Å². The maximum Gasteiger partial charge on any atom is 0.417 e. The van der Waals surface area contributed by atoms with Crippen molar-refractivity contribution in [2.45, 2.75) is 26.1 Å². The van der Waals surface area contributed by atoms with Crippen LogP contribution in [0.25, 0.3) is 0 Å². The Bertz CT molecular complexity index is 431. The van der Waals surface area contributed by atoms with Crippen LogP contribution in [0.2, 0.25) is 0 Å². The number of alkyl halides is 3. The van der Waals surface area contributed by atoms with E-state index in [9.17, 15) is 18.0 Å². The Morgan fingerprint density at radius 3 is 2.47 bits per heavy atom. The number of halogens is 3. The highest BCUT2D eigenvalue weighted by Crippen LogP contribution is 2.28. The lowest BCUT2D eigenvalue weighted by Crippen LogP contribution is -2.40. The number of pyridine rings is 1. The van der Waals surface area contributed by atoms with Crippen LogP contribution in [0.4, 0.5) is 13.2 Å². The molecule has 0 aliphatic carbocycles. The molecule has 106 valence electrons. The molecule has 4 nitrogen and oxygen atoms in total. The van der Waals surface area contributed by atoms with E-state index in [1.165, 1.54) is 0 Å². The number of hydrogen-bond donors (Lipinski definition) is 2. The van der Waals surface area contributed by atoms with Crippen molar-refractivity contribution in [1.82, 2.24) is 10.3 Å². The minimum absolute atomic E-state index is 0.0518. The van der Waals surface area contributed by atoms with E-state index < -0.39 is 17.6 Å². The van der Waals surface area contributed by atoms with E-state index in [1.807, 2.05) is 6.92 Å². The normalized spacial score (nSPS) is 14.8. The first-order chi connectivity index (χ1) is 8.75. The van der Waals surface area contributed by atoms with Crippen LogP contribution in [0.15, 0.2) is 18.3 Å². The van der Waals surface area contributed by atoms with Gasteiger partial charge in [-0.2, -0.15) is 13.2 Å². The van der Waals surface area contributed by atoms with Crippen LogP contribution >= 0.6 is 0 Å². The number of rotatable bonds is 4. The van der Waals surface area contributed by atoms with Crippen molar-refractivity contribution in [3.8, 4) is 0 Å². The Morgan fingerprint density at radius 1 is 1.42 bits per heavy atom. The van der Waals surface area contributed by atoms with Gasteiger partial charge in [-0.25, -0.2) is 0 Å². The lowest BCUT2D eigenvalue weighted by atomic mass is 10.0. The Morgan fingerprint density at radius 2 is 2.05 bits per heavy atom. The fourth-order valence-corrected chi connectivity index (χ4v) is 1.32. The summed E-state index contributed by atoms with van der Waals surface area (Å²) in [4.78, 5) is 15.3. The minimum atomic E-state index is -4.45. The summed E-state index contributed by atoms with van der Waals surface area (Å²) in [6.45, 7) is 4.05. The van der Waals surface area contributed by atoms with Gasteiger partial charge in [0.1, 0.15) is 5.69 Å². The van der Waals surface area contributed by atoms with Gasteiger partial charge in [-0.15, -0.1) is 0 Å². The van der Waals surface area contributed by atoms with Gasteiger partial charge >= 0.3 is 6.18 Å². The molecule has 0 saturated heterocycles. The van der Waals surface area contributed by atoms with Crippen molar-refractivity contribution in [2.24, 2.45) is 11.7 Å². The number of amides is 1. The first kappa shape index (κ1) is 15.4. The van der Waals surface area contributed by atoms with Crippen LogP contribution < -0.4 is 11.1 Å². The van der Waals surface area contributed by atoms with Gasteiger partial charge < -0.3 is 11.1 Å². The van der Waals surface area contributed by atoms with E-state index in [4.69, 9.17) is 5.73 Å². The summed E-state index contributed by atoms with van der Waals surface area (Å²) in [6.07, 6.45) is -3.81. The van der Waals surface area contributed by atoms with Gasteiger partial charge in [0.15, 0.2) is 0 Å². The molecule has 19 heavy (non-hydrogen) atoms. The number of carbonyl (C=O) groups excluding carboxylic acids is 1. The molecule has 1 amide bonds. The summed E-state index contributed by atoms with van der Waals surface area (Å²) in [5.74, 6) is -0.445. The summed E-state index contributed by atoms with van der Waals surface area (Å²) in [5.41, 5.74) is 4.53. The highest BCUT2D eigenvalue weighted by atomic mass is 19.4. The van der Waals surface area contributed by atoms with E-state index >= 15 is 0 Å². The molecular weight excluding hydrogens is 259 g/mol. The van der Waals surface area contributed by atoms with Gasteiger partial charge in [-0.1, -0.05) is 6.92 Å². The number of nitrogens with two attached hydrogens (primary N) is 1. The lowest BCUT2D eigenvalue weighted by Gasteiger charge is -2.19. The second-order valence-corrected chi connectivity index (χ2v) is 4.40. The second-order valence-electron chi connectivity index (χ2n) is 4.40. The number of nitrogens with one attached hydrogen (secondary N) is 1. The SMILES string of the molecule is CC(CN)C(C)NC(=O)c1ccc(C(F)(F)F)cn1. The monoisotopic (exact) mass is 275 g/mol. The van der Waals surface area contributed by atoms with E-state index in [0.29, 0.717) is 12.7 Å². The molecule has 0 radical (unpaired) electrons. The highest BCUT2D eigenvalue weighted by molar-refractivity contribution is 5.92. The first-order valence-electron chi connectivity index (χ1n) is 5.80. The Balaban J connectivity index is 2.74. The largest absolute Gasteiger partial charge is 0.417 e. The maximum absolute atomic E-state index is 12.3. The lowest BCUT2D eigenvalue weighted by molar-refractivity contribution is -0.137. The van der Waals surface area contributed by atoms with Crippen LogP contribution in [0, 0.1) is 5.92 Å². The zero-order valence-corrected chi connectivity index (χ0v) is 10.7. The molecule has 0 aliphatic rings. The van der Waals surface area contributed by atoms with Gasteiger partial charge in [-0.3, -0.25) is 9.78 Å². The molecule has 1 aromatic rings. The topological polar surface area (TPSA) is 68.0 Å². The van der Waals surface area contributed by atoms with E-state index in [1.54, 1.807) is 6.92 Å². The van der Waals surface area contributed by atoms with Gasteiger partial charge in [0.05, 0.1) is 5.56 Å². The smallest absolute Gasteiger partial charge is 0.348 e.